The van der Waals surface area contributed by atoms with Gasteiger partial charge in [-0.15, -0.1) is 0 Å². The van der Waals surface area contributed by atoms with Crippen LogP contribution in [0.2, 0.25) is 0 Å². The summed E-state index contributed by atoms with van der Waals surface area (Å²) in [7, 11) is 0. The molecule has 36 heavy (non-hydrogen) atoms. The van der Waals surface area contributed by atoms with E-state index in [-0.39, 0.29) is 5.91 Å². The standard InChI is InChI=1S/C28H25N5O3/c1-3-32-24-14-13-20(15-23(24)29-27(35)28(32)36)26(34)30-25-16-22(21-12-8-7-9-18(21)2)31-33(25)17-19-10-5-4-6-11-19/h4-16H,3,17H2,1-2H3,(H,29,35)(H,30,34). The summed E-state index contributed by atoms with van der Waals surface area (Å²) in [4.78, 5) is 40.1. The van der Waals surface area contributed by atoms with E-state index < -0.39 is 11.1 Å². The van der Waals surface area contributed by atoms with Crippen molar-refractivity contribution >= 4 is 22.8 Å². The minimum absolute atomic E-state index is 0.349. The number of rotatable bonds is 6. The van der Waals surface area contributed by atoms with Gasteiger partial charge in [-0.2, -0.15) is 5.10 Å². The lowest BCUT2D eigenvalue weighted by molar-refractivity contribution is 0.102. The number of hydrogen-bond donors (Lipinski definition) is 2. The second-order valence-electron chi connectivity index (χ2n) is 8.56. The van der Waals surface area contributed by atoms with Gasteiger partial charge in [0.25, 0.3) is 5.91 Å². The maximum absolute atomic E-state index is 13.3. The Morgan fingerprint density at radius 1 is 0.972 bits per heavy atom. The van der Waals surface area contributed by atoms with Gasteiger partial charge in [0.05, 0.1) is 23.3 Å². The van der Waals surface area contributed by atoms with Crippen molar-refractivity contribution in [3.8, 4) is 11.3 Å². The molecule has 0 bridgehead atoms. The largest absolute Gasteiger partial charge is 0.316 e. The molecule has 2 heterocycles. The molecule has 0 aliphatic heterocycles. The Bertz CT molecular complexity index is 1700. The number of nitrogens with one attached hydrogen (secondary N) is 2. The second-order valence-corrected chi connectivity index (χ2v) is 8.56. The van der Waals surface area contributed by atoms with E-state index in [4.69, 9.17) is 5.10 Å². The van der Waals surface area contributed by atoms with Crippen LogP contribution in [0.25, 0.3) is 22.3 Å². The molecule has 8 heteroatoms. The molecule has 1 amide bonds. The van der Waals surface area contributed by atoms with Gasteiger partial charge in [-0.3, -0.25) is 14.4 Å². The summed E-state index contributed by atoms with van der Waals surface area (Å²) in [6.45, 7) is 4.65. The van der Waals surface area contributed by atoms with Crippen LogP contribution in [0.15, 0.2) is 88.5 Å². The zero-order chi connectivity index (χ0) is 25.2. The van der Waals surface area contributed by atoms with Crippen molar-refractivity contribution in [2.75, 3.05) is 5.32 Å². The van der Waals surface area contributed by atoms with E-state index in [1.165, 1.54) is 4.57 Å². The molecule has 5 rings (SSSR count). The topological polar surface area (TPSA) is 102 Å². The fraction of sp³-hybridized carbons (Fsp3) is 0.143. The van der Waals surface area contributed by atoms with Crippen LogP contribution in [0.3, 0.4) is 0 Å². The predicted molar refractivity (Wildman–Crippen MR) is 140 cm³/mol. The molecule has 0 atom stereocenters. The number of anilines is 1. The molecular formula is C28H25N5O3. The van der Waals surface area contributed by atoms with Gasteiger partial charge in [-0.25, -0.2) is 4.68 Å². The van der Waals surface area contributed by atoms with E-state index >= 15 is 0 Å². The highest BCUT2D eigenvalue weighted by Crippen LogP contribution is 2.26. The maximum atomic E-state index is 13.3. The first-order valence-corrected chi connectivity index (χ1v) is 11.7. The predicted octanol–water partition coefficient (Wildman–Crippen LogP) is 4.18. The van der Waals surface area contributed by atoms with Gasteiger partial charge in [0.1, 0.15) is 5.82 Å². The summed E-state index contributed by atoms with van der Waals surface area (Å²) < 4.78 is 3.16. The van der Waals surface area contributed by atoms with E-state index in [0.29, 0.717) is 35.5 Å². The molecule has 0 unspecified atom stereocenters. The van der Waals surface area contributed by atoms with Crippen molar-refractivity contribution in [1.29, 1.82) is 0 Å². The monoisotopic (exact) mass is 479 g/mol. The highest BCUT2D eigenvalue weighted by molar-refractivity contribution is 6.05. The van der Waals surface area contributed by atoms with Gasteiger partial charge < -0.3 is 14.9 Å². The second kappa shape index (κ2) is 9.50. The molecule has 0 saturated heterocycles. The van der Waals surface area contributed by atoms with Crippen LogP contribution < -0.4 is 16.4 Å². The van der Waals surface area contributed by atoms with Crippen LogP contribution in [-0.4, -0.2) is 25.2 Å². The van der Waals surface area contributed by atoms with Crippen molar-refractivity contribution in [3.05, 3.63) is 116 Å². The number of nitrogens with zero attached hydrogens (tertiary/aromatic N) is 3. The highest BCUT2D eigenvalue weighted by atomic mass is 16.2. The number of amides is 1. The summed E-state index contributed by atoms with van der Waals surface area (Å²) in [6, 6.07) is 24.6. The number of aromatic amines is 1. The zero-order valence-electron chi connectivity index (χ0n) is 20.0. The molecule has 2 aromatic heterocycles. The molecule has 0 spiro atoms. The molecule has 0 saturated carbocycles. The number of aryl methyl sites for hydroxylation is 2. The van der Waals surface area contributed by atoms with Crippen LogP contribution in [0.1, 0.15) is 28.4 Å². The number of H-pyrrole nitrogens is 1. The van der Waals surface area contributed by atoms with E-state index in [1.807, 2.05) is 67.6 Å². The lowest BCUT2D eigenvalue weighted by atomic mass is 10.1. The van der Waals surface area contributed by atoms with Crippen LogP contribution in [0.5, 0.6) is 0 Å². The third kappa shape index (κ3) is 4.36. The Morgan fingerprint density at radius 3 is 2.47 bits per heavy atom. The minimum Gasteiger partial charge on any atom is -0.316 e. The number of fused-ring (bicyclic) bond motifs is 1. The van der Waals surface area contributed by atoms with Crippen molar-refractivity contribution < 1.29 is 4.79 Å². The van der Waals surface area contributed by atoms with Crippen molar-refractivity contribution in [3.63, 3.8) is 0 Å². The summed E-state index contributed by atoms with van der Waals surface area (Å²) in [6.07, 6.45) is 0. The first kappa shape index (κ1) is 23.0. The molecule has 8 nitrogen and oxygen atoms in total. The van der Waals surface area contributed by atoms with E-state index in [2.05, 4.69) is 10.3 Å². The Kier molecular flexibility index (Phi) is 6.08. The molecule has 180 valence electrons. The van der Waals surface area contributed by atoms with Gasteiger partial charge in [-0.05, 0) is 43.2 Å². The maximum Gasteiger partial charge on any atom is 0.316 e. The molecule has 5 aromatic rings. The summed E-state index contributed by atoms with van der Waals surface area (Å²) >= 11 is 0. The molecule has 3 aromatic carbocycles. The Balaban J connectivity index is 1.52. The average molecular weight is 480 g/mol. The van der Waals surface area contributed by atoms with Gasteiger partial charge in [0.2, 0.25) is 0 Å². The highest BCUT2D eigenvalue weighted by Gasteiger charge is 2.16. The average Bonchev–Trinajstić information content (AvgIpc) is 3.27. The lowest BCUT2D eigenvalue weighted by Gasteiger charge is -2.11. The number of benzene rings is 3. The Labute approximate surface area is 206 Å². The van der Waals surface area contributed by atoms with Crippen LogP contribution >= 0.6 is 0 Å². The van der Waals surface area contributed by atoms with Gasteiger partial charge in [0.15, 0.2) is 0 Å². The zero-order valence-corrected chi connectivity index (χ0v) is 20.0. The smallest absolute Gasteiger partial charge is 0.316 e. The first-order valence-electron chi connectivity index (χ1n) is 11.7. The number of carbonyl (C=O) groups is 1. The summed E-state index contributed by atoms with van der Waals surface area (Å²) in [5.41, 5.74) is 3.89. The van der Waals surface area contributed by atoms with Crippen molar-refractivity contribution in [1.82, 2.24) is 19.3 Å². The van der Waals surface area contributed by atoms with Crippen molar-refractivity contribution in [2.45, 2.75) is 26.9 Å². The molecule has 0 radical (unpaired) electrons. The van der Waals surface area contributed by atoms with E-state index in [1.54, 1.807) is 29.8 Å². The first-order chi connectivity index (χ1) is 17.4. The molecular weight excluding hydrogens is 454 g/mol. The fourth-order valence-corrected chi connectivity index (χ4v) is 4.31. The molecule has 0 aliphatic carbocycles. The molecule has 2 N–H and O–H groups in total. The van der Waals surface area contributed by atoms with Crippen LogP contribution in [-0.2, 0) is 13.1 Å². The third-order valence-corrected chi connectivity index (χ3v) is 6.17. The lowest BCUT2D eigenvalue weighted by Crippen LogP contribution is -2.36. The summed E-state index contributed by atoms with van der Waals surface area (Å²) in [5, 5.41) is 7.77. The number of aromatic nitrogens is 4. The van der Waals surface area contributed by atoms with Crippen molar-refractivity contribution in [2.24, 2.45) is 0 Å². The Hall–Kier alpha value is -4.72. The molecule has 0 fully saturated rings. The van der Waals surface area contributed by atoms with E-state index in [0.717, 1.165) is 22.4 Å². The van der Waals surface area contributed by atoms with Crippen LogP contribution in [0.4, 0.5) is 5.82 Å². The summed E-state index contributed by atoms with van der Waals surface area (Å²) in [5.74, 6) is 0.201. The third-order valence-electron chi connectivity index (χ3n) is 6.17. The molecule has 0 aliphatic rings. The quantitative estimate of drug-likeness (QED) is 0.357. The van der Waals surface area contributed by atoms with E-state index in [9.17, 15) is 14.4 Å². The number of hydrogen-bond acceptors (Lipinski definition) is 4. The SMILES string of the molecule is CCn1c(=O)c(=O)[nH]c2cc(C(=O)Nc3cc(-c4ccccc4C)nn3Cc3ccccc3)ccc21. The fourth-order valence-electron chi connectivity index (χ4n) is 4.31. The number of carbonyl (C=O) groups excluding carboxylic acids is 1. The van der Waals surface area contributed by atoms with Crippen LogP contribution in [0, 0.1) is 6.92 Å². The van der Waals surface area contributed by atoms with Gasteiger partial charge in [0, 0.05) is 23.7 Å². The van der Waals surface area contributed by atoms with Gasteiger partial charge >= 0.3 is 11.1 Å². The van der Waals surface area contributed by atoms with Gasteiger partial charge in [-0.1, -0.05) is 54.6 Å². The minimum atomic E-state index is -0.717. The normalized spacial score (nSPS) is 11.1. The Morgan fingerprint density at radius 2 is 1.72 bits per heavy atom.